The molecule has 0 fully saturated rings. The van der Waals surface area contributed by atoms with E-state index in [0.717, 1.165) is 27.3 Å². The number of hydrogen-bond donors (Lipinski definition) is 2. The summed E-state index contributed by atoms with van der Waals surface area (Å²) in [6.07, 6.45) is -0.0834. The van der Waals surface area contributed by atoms with E-state index in [-0.39, 0.29) is 10.8 Å². The van der Waals surface area contributed by atoms with Crippen molar-refractivity contribution in [3.8, 4) is 11.5 Å². The van der Waals surface area contributed by atoms with Gasteiger partial charge in [-0.1, -0.05) is 11.3 Å². The second kappa shape index (κ2) is 5.68. The van der Waals surface area contributed by atoms with Gasteiger partial charge in [-0.25, -0.2) is 0 Å². The Labute approximate surface area is 141 Å². The van der Waals surface area contributed by atoms with Gasteiger partial charge in [-0.15, -0.1) is 0 Å². The topological polar surface area (TPSA) is 80.4 Å². The van der Waals surface area contributed by atoms with Crippen LogP contribution in [0.15, 0.2) is 41.2 Å². The number of ether oxygens (including phenoxy) is 2. The molecule has 0 aliphatic carbocycles. The third-order valence-electron chi connectivity index (χ3n) is 3.92. The lowest BCUT2D eigenvalue weighted by Gasteiger charge is -2.11. The van der Waals surface area contributed by atoms with Gasteiger partial charge in [0.2, 0.25) is 0 Å². The highest BCUT2D eigenvalue weighted by molar-refractivity contribution is 7.16. The summed E-state index contributed by atoms with van der Waals surface area (Å²) in [5, 5.41) is 2.84. The third-order valence-corrected chi connectivity index (χ3v) is 4.78. The summed E-state index contributed by atoms with van der Waals surface area (Å²) in [5.41, 5.74) is 2.29. The Hall–Kier alpha value is -2.80. The van der Waals surface area contributed by atoms with Crippen molar-refractivity contribution in [2.45, 2.75) is 12.5 Å². The molecule has 1 aliphatic heterocycles. The number of carbonyl (C=O) groups is 1. The standard InChI is InChI=1S/C17H14N2O4S/c1-22-11-3-4-13-9(6-11)7-14(23-13)16(20)18-10-2-5-15-12(8-10)19-17(21)24-15/h2-6,8,14H,7H2,1H3,(H,18,20)(H,19,21). The van der Waals surface area contributed by atoms with Crippen molar-refractivity contribution in [2.75, 3.05) is 12.4 Å². The van der Waals surface area contributed by atoms with E-state index >= 15 is 0 Å². The van der Waals surface area contributed by atoms with Crippen LogP contribution in [-0.2, 0) is 11.2 Å². The minimum atomic E-state index is -0.579. The Morgan fingerprint density at radius 2 is 2.21 bits per heavy atom. The van der Waals surface area contributed by atoms with Crippen LogP contribution in [0.2, 0.25) is 0 Å². The molecule has 0 bridgehead atoms. The molecule has 1 amide bonds. The number of thiazole rings is 1. The lowest BCUT2D eigenvalue weighted by Crippen LogP contribution is -2.31. The first kappa shape index (κ1) is 14.8. The molecule has 1 unspecified atom stereocenters. The van der Waals surface area contributed by atoms with Gasteiger partial charge in [-0.3, -0.25) is 9.59 Å². The summed E-state index contributed by atoms with van der Waals surface area (Å²) in [6, 6.07) is 10.8. The van der Waals surface area contributed by atoms with E-state index in [1.165, 1.54) is 0 Å². The summed E-state index contributed by atoms with van der Waals surface area (Å²) in [6.45, 7) is 0. The van der Waals surface area contributed by atoms with Gasteiger partial charge in [0.05, 0.1) is 17.3 Å². The fourth-order valence-electron chi connectivity index (χ4n) is 2.75. The van der Waals surface area contributed by atoms with E-state index in [1.54, 1.807) is 25.3 Å². The van der Waals surface area contributed by atoms with Crippen LogP contribution in [0.1, 0.15) is 5.56 Å². The van der Waals surface area contributed by atoms with Gasteiger partial charge >= 0.3 is 4.87 Å². The smallest absolute Gasteiger partial charge is 0.305 e. The van der Waals surface area contributed by atoms with Gasteiger partial charge in [0, 0.05) is 17.7 Å². The molecular formula is C17H14N2O4S. The van der Waals surface area contributed by atoms with Crippen LogP contribution in [0.25, 0.3) is 10.2 Å². The highest BCUT2D eigenvalue weighted by atomic mass is 32.1. The summed E-state index contributed by atoms with van der Waals surface area (Å²) in [5.74, 6) is 1.22. The number of methoxy groups -OCH3 is 1. The van der Waals surface area contributed by atoms with Crippen LogP contribution in [0.5, 0.6) is 11.5 Å². The Bertz CT molecular complexity index is 992. The number of fused-ring (bicyclic) bond motifs is 2. The number of hydrogen-bond acceptors (Lipinski definition) is 5. The van der Waals surface area contributed by atoms with E-state index in [9.17, 15) is 9.59 Å². The Morgan fingerprint density at radius 3 is 3.04 bits per heavy atom. The number of benzene rings is 2. The summed E-state index contributed by atoms with van der Waals surface area (Å²) >= 11 is 1.14. The minimum absolute atomic E-state index is 0.114. The van der Waals surface area contributed by atoms with Crippen LogP contribution < -0.4 is 19.7 Å². The van der Waals surface area contributed by atoms with Crippen molar-refractivity contribution < 1.29 is 14.3 Å². The number of carbonyl (C=O) groups excluding carboxylic acids is 1. The average molecular weight is 342 g/mol. The number of aromatic nitrogens is 1. The maximum Gasteiger partial charge on any atom is 0.305 e. The van der Waals surface area contributed by atoms with Gasteiger partial charge in [0.15, 0.2) is 6.10 Å². The fourth-order valence-corrected chi connectivity index (χ4v) is 3.47. The first-order valence-electron chi connectivity index (χ1n) is 7.40. The predicted molar refractivity (Wildman–Crippen MR) is 92.2 cm³/mol. The Morgan fingerprint density at radius 1 is 1.33 bits per heavy atom. The lowest BCUT2D eigenvalue weighted by atomic mass is 10.1. The molecule has 4 rings (SSSR count). The molecule has 2 N–H and O–H groups in total. The lowest BCUT2D eigenvalue weighted by molar-refractivity contribution is -0.122. The van der Waals surface area contributed by atoms with Crippen molar-refractivity contribution in [1.82, 2.24) is 4.98 Å². The minimum Gasteiger partial charge on any atom is -0.497 e. The van der Waals surface area contributed by atoms with Crippen molar-refractivity contribution in [3.05, 3.63) is 51.6 Å². The fraction of sp³-hybridized carbons (Fsp3) is 0.176. The largest absolute Gasteiger partial charge is 0.497 e. The second-order valence-corrected chi connectivity index (χ2v) is 6.51. The Balaban J connectivity index is 1.51. The molecule has 2 heterocycles. The maximum absolute atomic E-state index is 12.4. The number of nitrogens with one attached hydrogen (secondary N) is 2. The van der Waals surface area contributed by atoms with Crippen molar-refractivity contribution in [1.29, 1.82) is 0 Å². The van der Waals surface area contributed by atoms with E-state index in [2.05, 4.69) is 10.3 Å². The molecule has 24 heavy (non-hydrogen) atoms. The maximum atomic E-state index is 12.4. The monoisotopic (exact) mass is 342 g/mol. The van der Waals surface area contributed by atoms with Crippen LogP contribution in [0.3, 0.4) is 0 Å². The molecule has 2 aromatic carbocycles. The quantitative estimate of drug-likeness (QED) is 0.766. The van der Waals surface area contributed by atoms with Gasteiger partial charge in [-0.05, 0) is 36.4 Å². The zero-order chi connectivity index (χ0) is 16.7. The number of anilines is 1. The highest BCUT2D eigenvalue weighted by Gasteiger charge is 2.29. The second-order valence-electron chi connectivity index (χ2n) is 5.50. The summed E-state index contributed by atoms with van der Waals surface area (Å²) < 4.78 is 11.8. The first-order valence-corrected chi connectivity index (χ1v) is 8.21. The van der Waals surface area contributed by atoms with E-state index in [4.69, 9.17) is 9.47 Å². The molecule has 0 spiro atoms. The number of amides is 1. The van der Waals surface area contributed by atoms with E-state index in [1.807, 2.05) is 18.2 Å². The number of aromatic amines is 1. The normalized spacial score (nSPS) is 15.8. The highest BCUT2D eigenvalue weighted by Crippen LogP contribution is 2.32. The molecule has 7 heteroatoms. The number of H-pyrrole nitrogens is 1. The molecule has 0 saturated carbocycles. The Kier molecular flexibility index (Phi) is 3.50. The average Bonchev–Trinajstić information content (AvgIpc) is 3.15. The van der Waals surface area contributed by atoms with Gasteiger partial charge in [0.1, 0.15) is 11.5 Å². The van der Waals surface area contributed by atoms with Crippen LogP contribution in [0.4, 0.5) is 5.69 Å². The van der Waals surface area contributed by atoms with Crippen molar-refractivity contribution in [3.63, 3.8) is 0 Å². The molecule has 1 atom stereocenters. The molecule has 0 radical (unpaired) electrons. The van der Waals surface area contributed by atoms with Gasteiger partial charge in [-0.2, -0.15) is 0 Å². The summed E-state index contributed by atoms with van der Waals surface area (Å²) in [7, 11) is 1.60. The predicted octanol–water partition coefficient (Wildman–Crippen LogP) is 2.54. The molecule has 1 aromatic heterocycles. The molecule has 0 saturated heterocycles. The van der Waals surface area contributed by atoms with Crippen LogP contribution in [-0.4, -0.2) is 24.1 Å². The van der Waals surface area contributed by atoms with Gasteiger partial charge in [0.25, 0.3) is 5.91 Å². The van der Waals surface area contributed by atoms with E-state index in [0.29, 0.717) is 23.4 Å². The molecule has 122 valence electrons. The molecule has 3 aromatic rings. The molecular weight excluding hydrogens is 328 g/mol. The number of rotatable bonds is 3. The SMILES string of the molecule is COc1ccc2c(c1)CC(C(=O)Nc1ccc3sc(=O)[nH]c3c1)O2. The van der Waals surface area contributed by atoms with E-state index < -0.39 is 6.10 Å². The van der Waals surface area contributed by atoms with Crippen molar-refractivity contribution >= 4 is 33.1 Å². The third kappa shape index (κ3) is 2.63. The zero-order valence-corrected chi connectivity index (χ0v) is 13.6. The van der Waals surface area contributed by atoms with Crippen LogP contribution >= 0.6 is 11.3 Å². The molecule has 1 aliphatic rings. The zero-order valence-electron chi connectivity index (χ0n) is 12.8. The van der Waals surface area contributed by atoms with Crippen LogP contribution in [0, 0.1) is 0 Å². The van der Waals surface area contributed by atoms with Gasteiger partial charge < -0.3 is 19.8 Å². The van der Waals surface area contributed by atoms with Crippen molar-refractivity contribution in [2.24, 2.45) is 0 Å². The molecule has 6 nitrogen and oxygen atoms in total. The first-order chi connectivity index (χ1) is 11.6. The summed E-state index contributed by atoms with van der Waals surface area (Å²) in [4.78, 5) is 26.4.